The average Bonchev–Trinajstić information content (AvgIpc) is 3.18. The third kappa shape index (κ3) is 4.18. The molecule has 8 nitrogen and oxygen atoms in total. The van der Waals surface area contributed by atoms with E-state index >= 15 is 0 Å². The maximum Gasteiger partial charge on any atom is 0.253 e. The van der Waals surface area contributed by atoms with Crippen LogP contribution in [0.15, 0.2) is 66.5 Å². The molecule has 0 spiro atoms. The summed E-state index contributed by atoms with van der Waals surface area (Å²) in [7, 11) is 0. The summed E-state index contributed by atoms with van der Waals surface area (Å²) in [6, 6.07) is 17.0. The van der Waals surface area contributed by atoms with Crippen molar-refractivity contribution in [3.63, 3.8) is 0 Å². The monoisotopic (exact) mass is 444 g/mol. The van der Waals surface area contributed by atoms with Gasteiger partial charge in [-0.15, -0.1) is 0 Å². The number of hydrogen-bond donors (Lipinski definition) is 2. The molecule has 5 rings (SSSR count). The normalized spacial score (nSPS) is 16.9. The van der Waals surface area contributed by atoms with Gasteiger partial charge in [0.05, 0.1) is 23.5 Å². The standard InChI is InChI=1S/C25H24N4O4/c30-12-3-10-29-22-9-7-18(28-11-13-33-16-25(28)32)14-21(22)27-24(29)15-23(31)20-8-6-17-4-1-2-5-19(17)26-20/h1-2,4-9,14-15,27,30H,3,10-13,16H2/b24-15+. The third-order valence-corrected chi connectivity index (χ3v) is 5.78. The molecular formula is C25H24N4O4. The van der Waals surface area contributed by atoms with E-state index in [4.69, 9.17) is 4.74 Å². The number of hydrogen-bond acceptors (Lipinski definition) is 7. The fourth-order valence-electron chi connectivity index (χ4n) is 4.14. The van der Waals surface area contributed by atoms with E-state index in [2.05, 4.69) is 10.3 Å². The fraction of sp³-hybridized carbons (Fsp3) is 0.240. The van der Waals surface area contributed by atoms with E-state index in [-0.39, 0.29) is 24.9 Å². The van der Waals surface area contributed by atoms with E-state index in [1.165, 1.54) is 6.08 Å². The first-order chi connectivity index (χ1) is 16.1. The van der Waals surface area contributed by atoms with Crippen LogP contribution >= 0.6 is 0 Å². The first kappa shape index (κ1) is 21.1. The second kappa shape index (κ2) is 9.01. The second-order valence-electron chi connectivity index (χ2n) is 7.94. The van der Waals surface area contributed by atoms with Gasteiger partial charge in [-0.25, -0.2) is 4.98 Å². The average molecular weight is 444 g/mol. The van der Waals surface area contributed by atoms with Crippen LogP contribution in [0.4, 0.5) is 17.1 Å². The Kier molecular flexibility index (Phi) is 5.77. The number of nitrogens with zero attached hydrogens (tertiary/aromatic N) is 3. The predicted octanol–water partition coefficient (Wildman–Crippen LogP) is 2.94. The lowest BCUT2D eigenvalue weighted by Gasteiger charge is -2.27. The van der Waals surface area contributed by atoms with E-state index in [1.54, 1.807) is 11.0 Å². The number of allylic oxidation sites excluding steroid dienone is 1. The molecule has 0 bridgehead atoms. The first-order valence-corrected chi connectivity index (χ1v) is 10.9. The number of nitrogens with one attached hydrogen (secondary N) is 1. The number of morpholine rings is 1. The van der Waals surface area contributed by atoms with Gasteiger partial charge < -0.3 is 25.0 Å². The van der Waals surface area contributed by atoms with Gasteiger partial charge in [-0.1, -0.05) is 24.3 Å². The van der Waals surface area contributed by atoms with Crippen molar-refractivity contribution in [2.24, 2.45) is 0 Å². The number of carbonyl (C=O) groups is 2. The van der Waals surface area contributed by atoms with Crippen molar-refractivity contribution in [3.05, 3.63) is 72.2 Å². The Labute approximate surface area is 191 Å². The summed E-state index contributed by atoms with van der Waals surface area (Å²) in [5, 5.41) is 13.7. The van der Waals surface area contributed by atoms with Crippen molar-refractivity contribution < 1.29 is 19.4 Å². The van der Waals surface area contributed by atoms with Crippen molar-refractivity contribution >= 4 is 39.7 Å². The zero-order chi connectivity index (χ0) is 22.8. The number of ketones is 1. The van der Waals surface area contributed by atoms with Crippen LogP contribution in [0.3, 0.4) is 0 Å². The molecule has 3 aromatic rings. The van der Waals surface area contributed by atoms with Gasteiger partial charge in [0.1, 0.15) is 18.1 Å². The Balaban J connectivity index is 1.45. The quantitative estimate of drug-likeness (QED) is 0.446. The summed E-state index contributed by atoms with van der Waals surface area (Å²) < 4.78 is 5.23. The molecule has 2 aliphatic heterocycles. The highest BCUT2D eigenvalue weighted by Crippen LogP contribution is 2.39. The van der Waals surface area contributed by atoms with Gasteiger partial charge in [-0.05, 0) is 36.8 Å². The molecular weight excluding hydrogens is 420 g/mol. The summed E-state index contributed by atoms with van der Waals surface area (Å²) in [5.41, 5.74) is 3.59. The molecule has 8 heteroatoms. The molecule has 33 heavy (non-hydrogen) atoms. The number of aliphatic hydroxyl groups is 1. The molecule has 2 N–H and O–H groups in total. The summed E-state index contributed by atoms with van der Waals surface area (Å²) in [4.78, 5) is 33.5. The molecule has 0 saturated carbocycles. The smallest absolute Gasteiger partial charge is 0.253 e. The molecule has 1 aromatic heterocycles. The lowest BCUT2D eigenvalue weighted by molar-refractivity contribution is -0.125. The van der Waals surface area contributed by atoms with Crippen molar-refractivity contribution in [2.75, 3.05) is 48.0 Å². The molecule has 1 amide bonds. The van der Waals surface area contributed by atoms with Gasteiger partial charge in [0.2, 0.25) is 5.78 Å². The van der Waals surface area contributed by atoms with Gasteiger partial charge in [0.15, 0.2) is 0 Å². The number of pyridine rings is 1. The number of carbonyl (C=O) groups excluding carboxylic acids is 2. The van der Waals surface area contributed by atoms with Crippen molar-refractivity contribution in [3.8, 4) is 0 Å². The molecule has 0 atom stereocenters. The van der Waals surface area contributed by atoms with Crippen LogP contribution in [0.1, 0.15) is 16.9 Å². The lowest BCUT2D eigenvalue weighted by Crippen LogP contribution is -2.41. The summed E-state index contributed by atoms with van der Waals surface area (Å²) >= 11 is 0. The zero-order valence-electron chi connectivity index (χ0n) is 18.0. The Morgan fingerprint density at radius 1 is 1.18 bits per heavy atom. The van der Waals surface area contributed by atoms with E-state index in [9.17, 15) is 14.7 Å². The number of aromatic nitrogens is 1. The van der Waals surface area contributed by atoms with E-state index in [0.29, 0.717) is 37.6 Å². The molecule has 2 aliphatic rings. The van der Waals surface area contributed by atoms with E-state index in [1.807, 2.05) is 53.4 Å². The molecule has 3 heterocycles. The molecule has 1 fully saturated rings. The lowest BCUT2D eigenvalue weighted by atomic mass is 10.1. The number of rotatable bonds is 6. The Bertz CT molecular complexity index is 1260. The van der Waals surface area contributed by atoms with Crippen LogP contribution in [-0.4, -0.2) is 54.7 Å². The molecule has 2 aromatic carbocycles. The number of amides is 1. The predicted molar refractivity (Wildman–Crippen MR) is 126 cm³/mol. The first-order valence-electron chi connectivity index (χ1n) is 10.9. The van der Waals surface area contributed by atoms with Crippen molar-refractivity contribution in [1.29, 1.82) is 0 Å². The van der Waals surface area contributed by atoms with Crippen molar-refractivity contribution in [2.45, 2.75) is 6.42 Å². The molecule has 0 unspecified atom stereocenters. The van der Waals surface area contributed by atoms with Gasteiger partial charge >= 0.3 is 0 Å². The van der Waals surface area contributed by atoms with Crippen molar-refractivity contribution in [1.82, 2.24) is 4.98 Å². The van der Waals surface area contributed by atoms with Crippen LogP contribution < -0.4 is 15.1 Å². The second-order valence-corrected chi connectivity index (χ2v) is 7.94. The number of aliphatic hydroxyl groups excluding tert-OH is 1. The fourth-order valence-corrected chi connectivity index (χ4v) is 4.14. The number of anilines is 3. The number of para-hydroxylation sites is 1. The summed E-state index contributed by atoms with van der Waals surface area (Å²) in [5.74, 6) is 0.321. The Morgan fingerprint density at radius 2 is 2.06 bits per heavy atom. The maximum absolute atomic E-state index is 13.1. The minimum absolute atomic E-state index is 0.0413. The topological polar surface area (TPSA) is 95.0 Å². The molecule has 0 radical (unpaired) electrons. The van der Waals surface area contributed by atoms with Crippen LogP contribution in [0.2, 0.25) is 0 Å². The highest BCUT2D eigenvalue weighted by Gasteiger charge is 2.27. The number of fused-ring (bicyclic) bond motifs is 2. The van der Waals surface area contributed by atoms with Crippen LogP contribution in [0, 0.1) is 0 Å². The summed E-state index contributed by atoms with van der Waals surface area (Å²) in [6.07, 6.45) is 2.08. The Morgan fingerprint density at radius 3 is 2.91 bits per heavy atom. The Hall–Kier alpha value is -3.75. The summed E-state index contributed by atoms with van der Waals surface area (Å²) in [6.45, 7) is 1.65. The van der Waals surface area contributed by atoms with Crippen LogP contribution in [0.5, 0.6) is 0 Å². The third-order valence-electron chi connectivity index (χ3n) is 5.78. The van der Waals surface area contributed by atoms with Gasteiger partial charge in [0, 0.05) is 36.8 Å². The van der Waals surface area contributed by atoms with Crippen LogP contribution in [-0.2, 0) is 9.53 Å². The minimum atomic E-state index is -0.214. The molecule has 0 aliphatic carbocycles. The minimum Gasteiger partial charge on any atom is -0.396 e. The zero-order valence-corrected chi connectivity index (χ0v) is 18.0. The SMILES string of the molecule is O=C(/C=C1\Nc2cc(N3CCOCC3=O)ccc2N1CCCO)c1ccc2ccccc2n1. The van der Waals surface area contributed by atoms with Gasteiger partial charge in [-0.2, -0.15) is 0 Å². The molecule has 168 valence electrons. The highest BCUT2D eigenvalue weighted by atomic mass is 16.5. The van der Waals surface area contributed by atoms with E-state index in [0.717, 1.165) is 28.0 Å². The highest BCUT2D eigenvalue weighted by molar-refractivity contribution is 6.06. The molecule has 1 saturated heterocycles. The van der Waals surface area contributed by atoms with E-state index < -0.39 is 0 Å². The van der Waals surface area contributed by atoms with Gasteiger partial charge in [0.25, 0.3) is 5.91 Å². The van der Waals surface area contributed by atoms with Gasteiger partial charge in [-0.3, -0.25) is 9.59 Å². The van der Waals surface area contributed by atoms with Crippen LogP contribution in [0.25, 0.3) is 10.9 Å². The number of ether oxygens (including phenoxy) is 1. The maximum atomic E-state index is 13.1. The largest absolute Gasteiger partial charge is 0.396 e. The number of benzene rings is 2.